The quantitative estimate of drug-likeness (QED) is 0.0845. The topological polar surface area (TPSA) is 213 Å². The lowest BCUT2D eigenvalue weighted by molar-refractivity contribution is -0.138. The number of carbonyl (C=O) groups excluding carboxylic acids is 3. The zero-order valence-electron chi connectivity index (χ0n) is 23.2. The number of carboxylic acid groups (broad SMARTS) is 1. The van der Waals surface area contributed by atoms with Gasteiger partial charge in [-0.1, -0.05) is 36.4 Å². The van der Waals surface area contributed by atoms with Crippen molar-refractivity contribution in [1.82, 2.24) is 20.9 Å². The summed E-state index contributed by atoms with van der Waals surface area (Å²) in [5.41, 5.74) is 12.3. The molecule has 0 spiro atoms. The van der Waals surface area contributed by atoms with E-state index in [1.807, 2.05) is 12.1 Å². The first-order valence-corrected chi connectivity index (χ1v) is 13.1. The number of aliphatic carboxylic acids is 1. The molecule has 0 radical (unpaired) electrons. The van der Waals surface area contributed by atoms with Crippen LogP contribution >= 0.6 is 0 Å². The van der Waals surface area contributed by atoms with E-state index in [1.54, 1.807) is 55.6 Å². The average Bonchev–Trinajstić information content (AvgIpc) is 2.97. The Hall–Kier alpha value is -5.33. The number of carboxylic acids is 1. The minimum Gasteiger partial charge on any atom is -0.497 e. The minimum absolute atomic E-state index is 0.0360. The number of benzene rings is 3. The number of carbonyl (C=O) groups is 4. The van der Waals surface area contributed by atoms with E-state index in [2.05, 4.69) is 16.0 Å². The number of nitrogens with two attached hydrogens (primary N) is 2. The monoisotopic (exact) mass is 577 g/mol. The summed E-state index contributed by atoms with van der Waals surface area (Å²) in [5, 5.41) is 25.8. The predicted molar refractivity (Wildman–Crippen MR) is 157 cm³/mol. The van der Waals surface area contributed by atoms with E-state index in [0.29, 0.717) is 23.3 Å². The van der Waals surface area contributed by atoms with E-state index < -0.39 is 36.4 Å². The molecule has 0 aromatic heterocycles. The zero-order chi connectivity index (χ0) is 30.6. The highest BCUT2D eigenvalue weighted by Gasteiger charge is 2.31. The Kier molecular flexibility index (Phi) is 11.1. The number of hydrogen-bond acceptors (Lipinski definition) is 6. The number of fused-ring (bicyclic) bond motifs is 1. The lowest BCUT2D eigenvalue weighted by Gasteiger charge is -2.31. The fourth-order valence-electron chi connectivity index (χ4n) is 4.35. The fraction of sp³-hybridized carbons (Fsp3) is 0.276. The van der Waals surface area contributed by atoms with E-state index in [9.17, 15) is 19.2 Å². The molecule has 3 aromatic carbocycles. The molecule has 42 heavy (non-hydrogen) atoms. The Morgan fingerprint density at radius 3 is 2.24 bits per heavy atom. The molecular formula is C29H35N7O6. The summed E-state index contributed by atoms with van der Waals surface area (Å²) >= 11 is 0. The van der Waals surface area contributed by atoms with Crippen molar-refractivity contribution >= 4 is 40.5 Å². The van der Waals surface area contributed by atoms with Crippen molar-refractivity contribution in [3.63, 3.8) is 0 Å². The maximum Gasteiger partial charge on any atom is 0.322 e. The lowest BCUT2D eigenvalue weighted by Crippen LogP contribution is -2.50. The molecular weight excluding hydrogens is 542 g/mol. The lowest BCUT2D eigenvalue weighted by atomic mass is 10.0. The molecule has 1 atom stereocenters. The number of rotatable bonds is 14. The maximum atomic E-state index is 14.1. The van der Waals surface area contributed by atoms with E-state index >= 15 is 0 Å². The second-order valence-corrected chi connectivity index (χ2v) is 9.51. The van der Waals surface area contributed by atoms with Crippen LogP contribution in [0.3, 0.4) is 0 Å². The zero-order valence-corrected chi connectivity index (χ0v) is 23.2. The van der Waals surface area contributed by atoms with Gasteiger partial charge in [-0.3, -0.25) is 19.8 Å². The molecule has 0 aliphatic heterocycles. The van der Waals surface area contributed by atoms with Crippen molar-refractivity contribution in [2.24, 2.45) is 11.5 Å². The highest BCUT2D eigenvalue weighted by molar-refractivity contribution is 6.01. The number of methoxy groups -OCH3 is 1. The molecule has 0 aliphatic carbocycles. The van der Waals surface area contributed by atoms with Gasteiger partial charge in [0.25, 0.3) is 5.91 Å². The molecule has 13 heteroatoms. The van der Waals surface area contributed by atoms with Crippen LogP contribution in [0.1, 0.15) is 34.3 Å². The third kappa shape index (κ3) is 9.11. The van der Waals surface area contributed by atoms with Crippen LogP contribution in [0.15, 0.2) is 60.7 Å². The van der Waals surface area contributed by atoms with Gasteiger partial charge in [-0.2, -0.15) is 0 Å². The SMILES string of the molecule is COc1ccc2cc(C(=O)N(Cc3ccc(CNC(N)=O)cc3)[C@H](CCCNC(=N)N)C(=O)NCC(=O)O)ccc2c1. The van der Waals surface area contributed by atoms with Crippen molar-refractivity contribution in [2.75, 3.05) is 20.2 Å². The first-order chi connectivity index (χ1) is 20.1. The van der Waals surface area contributed by atoms with Gasteiger partial charge in [0.2, 0.25) is 5.91 Å². The Morgan fingerprint density at radius 2 is 1.60 bits per heavy atom. The molecule has 0 aliphatic rings. The smallest absolute Gasteiger partial charge is 0.322 e. The Bertz CT molecular complexity index is 1440. The summed E-state index contributed by atoms with van der Waals surface area (Å²) in [4.78, 5) is 51.0. The first-order valence-electron chi connectivity index (χ1n) is 13.1. The highest BCUT2D eigenvalue weighted by atomic mass is 16.5. The third-order valence-corrected chi connectivity index (χ3v) is 6.46. The van der Waals surface area contributed by atoms with E-state index in [4.69, 9.17) is 26.7 Å². The number of nitrogens with zero attached hydrogens (tertiary/aromatic N) is 1. The van der Waals surface area contributed by atoms with Crippen LogP contribution in [0.5, 0.6) is 5.75 Å². The standard InChI is InChI=1S/C29H35N7O6/c1-42-23-11-10-20-13-22(9-8-21(20)14-23)27(40)36(17-19-6-4-18(5-7-19)15-35-29(32)41)24(3-2-12-33-28(30)31)26(39)34-16-25(37)38/h4-11,13-14,24H,2-3,12,15-17H2,1H3,(H,34,39)(H,37,38)(H4,30,31,33)(H3,32,35,41)/t24-/m1/s1. The number of urea groups is 1. The number of amides is 4. The van der Waals surface area contributed by atoms with Gasteiger partial charge in [-0.15, -0.1) is 0 Å². The first kappa shape index (κ1) is 31.2. The van der Waals surface area contributed by atoms with E-state index in [1.165, 1.54) is 4.90 Å². The van der Waals surface area contributed by atoms with Gasteiger partial charge >= 0.3 is 12.0 Å². The van der Waals surface area contributed by atoms with Crippen LogP contribution in [0.25, 0.3) is 10.8 Å². The molecule has 0 bridgehead atoms. The number of hydrogen-bond donors (Lipinski definition) is 7. The molecule has 0 heterocycles. The largest absolute Gasteiger partial charge is 0.497 e. The Morgan fingerprint density at radius 1 is 0.929 bits per heavy atom. The second-order valence-electron chi connectivity index (χ2n) is 9.51. The molecule has 9 N–H and O–H groups in total. The molecule has 4 amide bonds. The van der Waals surface area contributed by atoms with Crippen molar-refractivity contribution in [2.45, 2.75) is 32.0 Å². The Labute approximate surface area is 242 Å². The van der Waals surface area contributed by atoms with Crippen LogP contribution in [0.4, 0.5) is 4.79 Å². The summed E-state index contributed by atoms with van der Waals surface area (Å²) in [6.45, 7) is -0.0698. The summed E-state index contributed by atoms with van der Waals surface area (Å²) in [7, 11) is 1.57. The Balaban J connectivity index is 1.97. The normalized spacial score (nSPS) is 11.3. The van der Waals surface area contributed by atoms with Gasteiger partial charge in [0.15, 0.2) is 5.96 Å². The van der Waals surface area contributed by atoms with Gasteiger partial charge in [-0.25, -0.2) is 4.79 Å². The molecule has 222 valence electrons. The number of nitrogens with one attached hydrogen (secondary N) is 4. The molecule has 3 rings (SSSR count). The summed E-state index contributed by atoms with van der Waals surface area (Å²) < 4.78 is 5.28. The van der Waals surface area contributed by atoms with Crippen LogP contribution < -0.4 is 32.2 Å². The van der Waals surface area contributed by atoms with E-state index in [0.717, 1.165) is 16.3 Å². The molecule has 0 unspecified atom stereocenters. The molecule has 3 aromatic rings. The highest BCUT2D eigenvalue weighted by Crippen LogP contribution is 2.24. The molecule has 0 saturated heterocycles. The molecule has 0 fully saturated rings. The van der Waals surface area contributed by atoms with Crippen molar-refractivity contribution < 1.29 is 29.0 Å². The maximum absolute atomic E-state index is 14.1. The summed E-state index contributed by atoms with van der Waals surface area (Å²) in [6.07, 6.45) is 0.534. The molecule has 13 nitrogen and oxygen atoms in total. The fourth-order valence-corrected chi connectivity index (χ4v) is 4.35. The summed E-state index contributed by atoms with van der Waals surface area (Å²) in [6, 6.07) is 16.1. The van der Waals surface area contributed by atoms with Gasteiger partial charge < -0.3 is 42.2 Å². The van der Waals surface area contributed by atoms with Crippen LogP contribution in [0.2, 0.25) is 0 Å². The predicted octanol–water partition coefficient (Wildman–Crippen LogP) is 1.49. The van der Waals surface area contributed by atoms with Gasteiger partial charge in [-0.05, 0) is 59.0 Å². The second kappa shape index (κ2) is 14.9. The van der Waals surface area contributed by atoms with Crippen LogP contribution in [0, 0.1) is 5.41 Å². The minimum atomic E-state index is -1.22. The third-order valence-electron chi connectivity index (χ3n) is 6.46. The van der Waals surface area contributed by atoms with Crippen LogP contribution in [-0.4, -0.2) is 66.0 Å². The summed E-state index contributed by atoms with van der Waals surface area (Å²) in [5.74, 6) is -1.83. The van der Waals surface area contributed by atoms with Gasteiger partial charge in [0, 0.05) is 25.2 Å². The average molecular weight is 578 g/mol. The number of guanidine groups is 1. The number of primary amides is 1. The van der Waals surface area contributed by atoms with Crippen molar-refractivity contribution in [3.05, 3.63) is 77.4 Å². The van der Waals surface area contributed by atoms with Crippen LogP contribution in [-0.2, 0) is 22.7 Å². The van der Waals surface area contributed by atoms with E-state index in [-0.39, 0.29) is 32.0 Å². The number of ether oxygens (including phenoxy) is 1. The van der Waals surface area contributed by atoms with Gasteiger partial charge in [0.1, 0.15) is 18.3 Å². The molecule has 0 saturated carbocycles. The van der Waals surface area contributed by atoms with Crippen molar-refractivity contribution in [1.29, 1.82) is 5.41 Å². The van der Waals surface area contributed by atoms with Gasteiger partial charge in [0.05, 0.1) is 7.11 Å². The van der Waals surface area contributed by atoms with Crippen molar-refractivity contribution in [3.8, 4) is 5.75 Å².